The van der Waals surface area contributed by atoms with E-state index in [0.29, 0.717) is 35.1 Å². The molecule has 31 heavy (non-hydrogen) atoms. The lowest BCUT2D eigenvalue weighted by Gasteiger charge is -2.11. The predicted octanol–water partition coefficient (Wildman–Crippen LogP) is 4.06. The van der Waals surface area contributed by atoms with Crippen molar-refractivity contribution in [2.75, 3.05) is 5.32 Å². The molecule has 4 aromatic rings. The maximum absolute atomic E-state index is 12.9. The molecule has 0 bridgehead atoms. The number of hydrogen-bond donors (Lipinski definition) is 2. The highest BCUT2D eigenvalue weighted by molar-refractivity contribution is 5.82. The number of benzene rings is 2. The highest BCUT2D eigenvalue weighted by Gasteiger charge is 2.17. The van der Waals surface area contributed by atoms with Crippen molar-refractivity contribution in [3.63, 3.8) is 0 Å². The van der Waals surface area contributed by atoms with Crippen molar-refractivity contribution in [3.05, 3.63) is 76.3 Å². The van der Waals surface area contributed by atoms with Crippen LogP contribution >= 0.6 is 0 Å². The van der Waals surface area contributed by atoms with Crippen LogP contribution in [0.1, 0.15) is 30.9 Å². The van der Waals surface area contributed by atoms with Crippen molar-refractivity contribution in [1.82, 2.24) is 19.1 Å². The lowest BCUT2D eigenvalue weighted by Crippen LogP contribution is -2.22. The van der Waals surface area contributed by atoms with Gasteiger partial charge in [-0.1, -0.05) is 50.2 Å². The summed E-state index contributed by atoms with van der Waals surface area (Å²) in [7, 11) is 1.70. The van der Waals surface area contributed by atoms with E-state index in [0.717, 1.165) is 16.7 Å². The van der Waals surface area contributed by atoms with Gasteiger partial charge in [-0.3, -0.25) is 14.5 Å². The SMILES string of the molecule is CC(C)c1ccccc1-c1ncc2c(n1)n(Cc1ccc(NC(=O)O)cc1)c(=O)n2C. The molecule has 2 aromatic heterocycles. The number of carboxylic acid groups (broad SMARTS) is 1. The summed E-state index contributed by atoms with van der Waals surface area (Å²) in [5.74, 6) is 0.892. The van der Waals surface area contributed by atoms with E-state index in [1.54, 1.807) is 42.1 Å². The first-order chi connectivity index (χ1) is 14.8. The first-order valence-electron chi connectivity index (χ1n) is 9.95. The molecule has 1 amide bonds. The largest absolute Gasteiger partial charge is 0.465 e. The fourth-order valence-corrected chi connectivity index (χ4v) is 3.65. The van der Waals surface area contributed by atoms with Crippen molar-refractivity contribution in [2.45, 2.75) is 26.3 Å². The Morgan fingerprint density at radius 1 is 1.13 bits per heavy atom. The molecule has 0 unspecified atom stereocenters. The normalized spacial score (nSPS) is 11.2. The summed E-state index contributed by atoms with van der Waals surface area (Å²) in [6.07, 6.45) is 0.566. The molecule has 2 N–H and O–H groups in total. The molecule has 2 aromatic carbocycles. The molecule has 4 rings (SSSR count). The van der Waals surface area contributed by atoms with E-state index in [9.17, 15) is 9.59 Å². The zero-order valence-electron chi connectivity index (χ0n) is 17.5. The van der Waals surface area contributed by atoms with Gasteiger partial charge in [-0.2, -0.15) is 0 Å². The first-order valence-corrected chi connectivity index (χ1v) is 9.95. The first kappa shape index (κ1) is 20.3. The Morgan fingerprint density at radius 3 is 2.52 bits per heavy atom. The van der Waals surface area contributed by atoms with Crippen molar-refractivity contribution in [1.29, 1.82) is 0 Å². The van der Waals surface area contributed by atoms with Gasteiger partial charge in [-0.05, 0) is 29.2 Å². The van der Waals surface area contributed by atoms with Gasteiger partial charge in [0.05, 0.1) is 12.7 Å². The Hall–Kier alpha value is -3.94. The summed E-state index contributed by atoms with van der Waals surface area (Å²) in [6, 6.07) is 14.9. The number of amides is 1. The number of anilines is 1. The van der Waals surface area contributed by atoms with Crippen LogP contribution < -0.4 is 11.0 Å². The molecule has 0 atom stereocenters. The van der Waals surface area contributed by atoms with Gasteiger partial charge in [0.15, 0.2) is 11.5 Å². The average molecular weight is 417 g/mol. The zero-order valence-corrected chi connectivity index (χ0v) is 17.5. The van der Waals surface area contributed by atoms with Crippen molar-refractivity contribution >= 4 is 22.9 Å². The van der Waals surface area contributed by atoms with E-state index in [1.165, 1.54) is 4.57 Å². The van der Waals surface area contributed by atoms with Crippen LogP contribution in [0, 0.1) is 0 Å². The molecule has 0 aliphatic rings. The summed E-state index contributed by atoms with van der Waals surface area (Å²) in [5, 5.41) is 11.1. The second-order valence-corrected chi connectivity index (χ2v) is 7.70. The molecule has 0 saturated carbocycles. The van der Waals surface area contributed by atoms with Crippen LogP contribution in [0.5, 0.6) is 0 Å². The van der Waals surface area contributed by atoms with E-state index < -0.39 is 6.09 Å². The Balaban J connectivity index is 1.78. The number of carbonyl (C=O) groups is 1. The summed E-state index contributed by atoms with van der Waals surface area (Å²) in [5.41, 5.74) is 4.44. The van der Waals surface area contributed by atoms with Gasteiger partial charge in [-0.15, -0.1) is 0 Å². The molecule has 0 aliphatic heterocycles. The predicted molar refractivity (Wildman–Crippen MR) is 119 cm³/mol. The number of hydrogen-bond acceptors (Lipinski definition) is 4. The summed E-state index contributed by atoms with van der Waals surface area (Å²) in [6.45, 7) is 4.56. The van der Waals surface area contributed by atoms with Gasteiger partial charge in [0.2, 0.25) is 0 Å². The maximum Gasteiger partial charge on any atom is 0.409 e. The molecule has 0 aliphatic carbocycles. The Morgan fingerprint density at radius 2 is 1.84 bits per heavy atom. The van der Waals surface area contributed by atoms with Gasteiger partial charge in [0.1, 0.15) is 5.52 Å². The van der Waals surface area contributed by atoms with Gasteiger partial charge in [0, 0.05) is 18.3 Å². The highest BCUT2D eigenvalue weighted by Crippen LogP contribution is 2.27. The van der Waals surface area contributed by atoms with Gasteiger partial charge >= 0.3 is 11.8 Å². The molecule has 8 heteroatoms. The van der Waals surface area contributed by atoms with Crippen LogP contribution in [0.15, 0.2) is 59.5 Å². The quantitative estimate of drug-likeness (QED) is 0.510. The second-order valence-electron chi connectivity index (χ2n) is 7.70. The zero-order chi connectivity index (χ0) is 22.1. The summed E-state index contributed by atoms with van der Waals surface area (Å²) < 4.78 is 3.14. The minimum atomic E-state index is -1.12. The lowest BCUT2D eigenvalue weighted by molar-refractivity contribution is 0.209. The smallest absolute Gasteiger partial charge is 0.409 e. The van der Waals surface area contributed by atoms with Crippen LogP contribution in [-0.4, -0.2) is 30.3 Å². The molecular formula is C23H23N5O3. The average Bonchev–Trinajstić information content (AvgIpc) is 2.99. The lowest BCUT2D eigenvalue weighted by atomic mass is 9.97. The van der Waals surface area contributed by atoms with E-state index in [4.69, 9.17) is 10.1 Å². The van der Waals surface area contributed by atoms with Crippen LogP contribution in [0.4, 0.5) is 10.5 Å². The number of nitrogens with one attached hydrogen (secondary N) is 1. The Kier molecular flexibility index (Phi) is 5.29. The van der Waals surface area contributed by atoms with E-state index in [1.807, 2.05) is 18.2 Å². The third-order valence-corrected chi connectivity index (χ3v) is 5.25. The standard InChI is InChI=1S/C23H23N5O3/c1-14(2)17-6-4-5-7-18(17)20-24-12-19-21(26-20)28(23(31)27(19)3)13-15-8-10-16(11-9-15)25-22(29)30/h4-12,14,25H,13H2,1-3H3,(H,29,30). The third kappa shape index (κ3) is 3.92. The van der Waals surface area contributed by atoms with Crippen molar-refractivity contribution in [3.8, 4) is 11.4 Å². The van der Waals surface area contributed by atoms with Crippen LogP contribution in [0.3, 0.4) is 0 Å². The number of nitrogens with zero attached hydrogens (tertiary/aromatic N) is 4. The summed E-state index contributed by atoms with van der Waals surface area (Å²) in [4.78, 5) is 33.0. The van der Waals surface area contributed by atoms with E-state index in [2.05, 4.69) is 30.2 Å². The van der Waals surface area contributed by atoms with E-state index >= 15 is 0 Å². The molecule has 0 spiro atoms. The van der Waals surface area contributed by atoms with Crippen LogP contribution in [0.2, 0.25) is 0 Å². The molecule has 0 radical (unpaired) electrons. The molecule has 8 nitrogen and oxygen atoms in total. The molecule has 0 fully saturated rings. The van der Waals surface area contributed by atoms with Crippen LogP contribution in [-0.2, 0) is 13.6 Å². The van der Waals surface area contributed by atoms with Crippen LogP contribution in [0.25, 0.3) is 22.6 Å². The monoisotopic (exact) mass is 417 g/mol. The number of rotatable bonds is 5. The molecule has 158 valence electrons. The third-order valence-electron chi connectivity index (χ3n) is 5.25. The van der Waals surface area contributed by atoms with Gasteiger partial charge < -0.3 is 5.11 Å². The Bertz CT molecular complexity index is 1320. The molecule has 2 heterocycles. The highest BCUT2D eigenvalue weighted by atomic mass is 16.4. The molecule has 0 saturated heterocycles. The second kappa shape index (κ2) is 8.06. The molecular weight excluding hydrogens is 394 g/mol. The van der Waals surface area contributed by atoms with Crippen molar-refractivity contribution < 1.29 is 9.90 Å². The topological polar surface area (TPSA) is 102 Å². The maximum atomic E-state index is 12.9. The number of imidazole rings is 1. The number of aromatic nitrogens is 4. The van der Waals surface area contributed by atoms with E-state index in [-0.39, 0.29) is 5.69 Å². The van der Waals surface area contributed by atoms with Gasteiger partial charge in [0.25, 0.3) is 0 Å². The summed E-state index contributed by atoms with van der Waals surface area (Å²) >= 11 is 0. The number of fused-ring (bicyclic) bond motifs is 1. The minimum Gasteiger partial charge on any atom is -0.465 e. The number of aryl methyl sites for hydroxylation is 1. The fraction of sp³-hybridized carbons (Fsp3) is 0.217. The Labute approximate surface area is 178 Å². The van der Waals surface area contributed by atoms with Crippen molar-refractivity contribution in [2.24, 2.45) is 7.05 Å². The fourth-order valence-electron chi connectivity index (χ4n) is 3.65. The minimum absolute atomic E-state index is 0.189. The van der Waals surface area contributed by atoms with Gasteiger partial charge in [-0.25, -0.2) is 19.6 Å².